The number of rotatable bonds is 4. The van der Waals surface area contributed by atoms with Crippen molar-refractivity contribution in [2.24, 2.45) is 0 Å². The molecule has 0 heterocycles. The number of benzene rings is 3. The van der Waals surface area contributed by atoms with Crippen molar-refractivity contribution < 1.29 is 0 Å². The van der Waals surface area contributed by atoms with Crippen molar-refractivity contribution in [3.05, 3.63) is 108 Å². The molecule has 0 unspecified atom stereocenters. The van der Waals surface area contributed by atoms with Gasteiger partial charge in [-0.3, -0.25) is 0 Å². The number of halogens is 1. The van der Waals surface area contributed by atoms with Crippen LogP contribution in [0.5, 0.6) is 0 Å². The minimum atomic E-state index is -0.761. The molecule has 0 spiro atoms. The Kier molecular flexibility index (Phi) is 4.47. The molecule has 3 aromatic rings. The first-order valence-corrected chi connectivity index (χ1v) is 10.7. The maximum absolute atomic E-state index is 6.65. The summed E-state index contributed by atoms with van der Waals surface area (Å²) in [5.41, 5.74) is 3.83. The molecule has 0 fully saturated rings. The molecule has 0 aliphatic heterocycles. The average Bonchev–Trinajstić information content (AvgIpc) is 2.59. The van der Waals surface area contributed by atoms with E-state index in [0.29, 0.717) is 0 Å². The van der Waals surface area contributed by atoms with Crippen molar-refractivity contribution in [1.82, 2.24) is 0 Å². The van der Waals surface area contributed by atoms with E-state index in [9.17, 15) is 0 Å². The molecule has 3 aromatic carbocycles. The van der Waals surface area contributed by atoms with E-state index < -0.39 is 14.5 Å². The van der Waals surface area contributed by atoms with Gasteiger partial charge in [0.05, 0.1) is 0 Å². The van der Waals surface area contributed by atoms with Crippen LogP contribution in [0.2, 0.25) is 0 Å². The predicted octanol–water partition coefficient (Wildman–Crippen LogP) is 4.84. The van der Waals surface area contributed by atoms with E-state index in [4.69, 9.17) is 10.0 Å². The Morgan fingerprint density at radius 3 is 1.05 bits per heavy atom. The summed E-state index contributed by atoms with van der Waals surface area (Å²) in [6, 6.07) is 31.8. The average molecular weight is 351 g/mol. The van der Waals surface area contributed by atoms with Crippen molar-refractivity contribution >= 4 is 24.5 Å². The van der Waals surface area contributed by atoms with Gasteiger partial charge >= 0.3 is 136 Å². The molecule has 21 heavy (non-hydrogen) atoms. The SMILES string of the molecule is [Cl][Ge][C](c1ccccc1)(c1ccccc1)c1ccccc1. The van der Waals surface area contributed by atoms with Crippen LogP contribution in [0.25, 0.3) is 0 Å². The molecule has 0 aromatic heterocycles. The first-order chi connectivity index (χ1) is 10.4. The van der Waals surface area contributed by atoms with Crippen LogP contribution in [0.1, 0.15) is 16.7 Å². The molecule has 3 rings (SSSR count). The van der Waals surface area contributed by atoms with Crippen LogP contribution in [0.15, 0.2) is 91.0 Å². The van der Waals surface area contributed by atoms with Gasteiger partial charge in [0.1, 0.15) is 0 Å². The summed E-state index contributed by atoms with van der Waals surface area (Å²) in [6.07, 6.45) is 0. The molecular formula is C19H15ClGe. The zero-order chi connectivity index (χ0) is 14.5. The third-order valence-corrected chi connectivity index (χ3v) is 7.65. The van der Waals surface area contributed by atoms with E-state index in [0.717, 1.165) is 0 Å². The number of hydrogen-bond donors (Lipinski definition) is 0. The van der Waals surface area contributed by atoms with Gasteiger partial charge < -0.3 is 0 Å². The zero-order valence-corrected chi connectivity index (χ0v) is 14.4. The van der Waals surface area contributed by atoms with E-state index in [1.807, 2.05) is 0 Å². The third-order valence-electron chi connectivity index (χ3n) is 3.76. The fourth-order valence-electron chi connectivity index (χ4n) is 2.73. The minimum absolute atomic E-state index is 0.189. The second-order valence-electron chi connectivity index (χ2n) is 4.94. The molecule has 0 aliphatic carbocycles. The normalized spacial score (nSPS) is 11.3. The topological polar surface area (TPSA) is 0 Å². The number of hydrogen-bond acceptors (Lipinski definition) is 0. The van der Waals surface area contributed by atoms with Gasteiger partial charge in [-0.2, -0.15) is 0 Å². The summed E-state index contributed by atoms with van der Waals surface area (Å²) < 4.78 is -0.189. The molecule has 0 nitrogen and oxygen atoms in total. The van der Waals surface area contributed by atoms with Gasteiger partial charge in [-0.1, -0.05) is 0 Å². The molecule has 0 N–H and O–H groups in total. The monoisotopic (exact) mass is 352 g/mol. The van der Waals surface area contributed by atoms with Crippen LogP contribution >= 0.6 is 10.0 Å². The molecule has 2 heteroatoms. The summed E-state index contributed by atoms with van der Waals surface area (Å²) in [5, 5.41) is 0. The Morgan fingerprint density at radius 1 is 0.524 bits per heavy atom. The predicted molar refractivity (Wildman–Crippen MR) is 90.8 cm³/mol. The Balaban J connectivity index is 2.29. The fraction of sp³-hybridized carbons (Fsp3) is 0.0526. The summed E-state index contributed by atoms with van der Waals surface area (Å²) in [4.78, 5) is 0. The molecule has 0 amide bonds. The molecule has 102 valence electrons. The van der Waals surface area contributed by atoms with Crippen LogP contribution in [0, 0.1) is 0 Å². The summed E-state index contributed by atoms with van der Waals surface area (Å²) in [6.45, 7) is 0. The van der Waals surface area contributed by atoms with Crippen molar-refractivity contribution in [2.75, 3.05) is 0 Å². The molecular weight excluding hydrogens is 336 g/mol. The van der Waals surface area contributed by atoms with Crippen molar-refractivity contribution in [3.63, 3.8) is 0 Å². The van der Waals surface area contributed by atoms with Crippen molar-refractivity contribution in [2.45, 2.75) is 4.25 Å². The third kappa shape index (κ3) is 2.66. The maximum atomic E-state index is 6.65. The quantitative estimate of drug-likeness (QED) is 0.466. The van der Waals surface area contributed by atoms with E-state index in [1.54, 1.807) is 0 Å². The van der Waals surface area contributed by atoms with Crippen LogP contribution in [-0.4, -0.2) is 14.5 Å². The van der Waals surface area contributed by atoms with Gasteiger partial charge in [-0.05, 0) is 0 Å². The first-order valence-electron chi connectivity index (χ1n) is 6.92. The van der Waals surface area contributed by atoms with Crippen LogP contribution < -0.4 is 0 Å². The van der Waals surface area contributed by atoms with E-state index in [-0.39, 0.29) is 4.25 Å². The summed E-state index contributed by atoms with van der Waals surface area (Å²) >= 11 is -0.761. The van der Waals surface area contributed by atoms with E-state index in [1.165, 1.54) is 16.7 Å². The molecule has 0 atom stereocenters. The van der Waals surface area contributed by atoms with Crippen LogP contribution in [0.4, 0.5) is 0 Å². The second-order valence-corrected chi connectivity index (χ2v) is 7.89. The Morgan fingerprint density at radius 2 is 0.810 bits per heavy atom. The molecule has 2 radical (unpaired) electrons. The molecule has 0 saturated carbocycles. The molecule has 0 aliphatic rings. The van der Waals surface area contributed by atoms with Gasteiger partial charge in [0, 0.05) is 0 Å². The molecule has 0 bridgehead atoms. The Bertz CT molecular complexity index is 584. The fourth-order valence-corrected chi connectivity index (χ4v) is 6.16. The Labute approximate surface area is 136 Å². The summed E-state index contributed by atoms with van der Waals surface area (Å²) in [5.74, 6) is 0. The van der Waals surface area contributed by atoms with Crippen LogP contribution in [-0.2, 0) is 4.25 Å². The zero-order valence-electron chi connectivity index (χ0n) is 11.5. The first kappa shape index (κ1) is 14.4. The van der Waals surface area contributed by atoms with Crippen LogP contribution in [0.3, 0.4) is 0 Å². The summed E-state index contributed by atoms with van der Waals surface area (Å²) in [7, 11) is 6.65. The van der Waals surface area contributed by atoms with Gasteiger partial charge in [0.2, 0.25) is 0 Å². The van der Waals surface area contributed by atoms with Gasteiger partial charge in [-0.15, -0.1) is 0 Å². The standard InChI is InChI=1S/C19H15ClGe/c20-21-19(16-10-4-1-5-11-16,17-12-6-2-7-13-17)18-14-8-3-9-15-18/h1-15H. The Hall–Kier alpha value is -1.51. The van der Waals surface area contributed by atoms with Gasteiger partial charge in [0.25, 0.3) is 0 Å². The van der Waals surface area contributed by atoms with E-state index >= 15 is 0 Å². The van der Waals surface area contributed by atoms with Gasteiger partial charge in [-0.25, -0.2) is 0 Å². The van der Waals surface area contributed by atoms with Crippen molar-refractivity contribution in [1.29, 1.82) is 0 Å². The van der Waals surface area contributed by atoms with Crippen molar-refractivity contribution in [3.8, 4) is 0 Å². The van der Waals surface area contributed by atoms with Gasteiger partial charge in [0.15, 0.2) is 0 Å². The second kappa shape index (κ2) is 6.51. The molecule has 0 saturated heterocycles. The van der Waals surface area contributed by atoms with E-state index in [2.05, 4.69) is 91.0 Å².